The van der Waals surface area contributed by atoms with E-state index in [-0.39, 0.29) is 17.2 Å². The summed E-state index contributed by atoms with van der Waals surface area (Å²) >= 11 is 19.8. The third-order valence-corrected chi connectivity index (χ3v) is 6.68. The lowest BCUT2D eigenvalue weighted by atomic mass is 9.96. The molecule has 0 fully saturated rings. The molecule has 1 heterocycles. The minimum absolute atomic E-state index is 0.0898. The van der Waals surface area contributed by atoms with Crippen molar-refractivity contribution in [3.63, 3.8) is 0 Å². The first-order chi connectivity index (χ1) is 14.7. The highest BCUT2D eigenvalue weighted by Crippen LogP contribution is 2.38. The highest BCUT2D eigenvalue weighted by Gasteiger charge is 2.30. The lowest BCUT2D eigenvalue weighted by molar-refractivity contribution is -0.115. The Hall–Kier alpha value is -2.19. The number of hydrogen-bond acceptors (Lipinski definition) is 5. The van der Waals surface area contributed by atoms with Crippen molar-refractivity contribution in [2.24, 2.45) is 10.7 Å². The molecule has 31 heavy (non-hydrogen) atoms. The van der Waals surface area contributed by atoms with Gasteiger partial charge in [0.2, 0.25) is 11.8 Å². The van der Waals surface area contributed by atoms with E-state index in [1.54, 1.807) is 37.3 Å². The second-order valence-electron chi connectivity index (χ2n) is 6.81. The van der Waals surface area contributed by atoms with Crippen molar-refractivity contribution in [3.05, 3.63) is 73.9 Å². The Morgan fingerprint density at radius 2 is 1.90 bits per heavy atom. The van der Waals surface area contributed by atoms with Gasteiger partial charge in [-0.2, -0.15) is 0 Å². The fraction of sp³-hybridized carbons (Fsp3) is 0.190. The van der Waals surface area contributed by atoms with Crippen LogP contribution in [0.3, 0.4) is 0 Å². The normalized spacial score (nSPS) is 15.9. The zero-order valence-corrected chi connectivity index (χ0v) is 19.7. The summed E-state index contributed by atoms with van der Waals surface area (Å²) in [5.74, 6) is -0.756. The lowest BCUT2D eigenvalue weighted by Gasteiger charge is -2.26. The van der Waals surface area contributed by atoms with Crippen LogP contribution in [0.2, 0.25) is 15.1 Å². The molecular formula is C21H19Cl3N4O2S. The molecule has 0 radical (unpaired) electrons. The van der Waals surface area contributed by atoms with Crippen LogP contribution in [0, 0.1) is 6.92 Å². The van der Waals surface area contributed by atoms with Gasteiger partial charge in [-0.05, 0) is 37.6 Å². The van der Waals surface area contributed by atoms with Crippen LogP contribution in [0.25, 0.3) is 0 Å². The van der Waals surface area contributed by atoms with Crippen LogP contribution in [0.5, 0.6) is 0 Å². The highest BCUT2D eigenvalue weighted by atomic mass is 35.5. The van der Waals surface area contributed by atoms with Gasteiger partial charge in [-0.3, -0.25) is 9.59 Å². The van der Waals surface area contributed by atoms with Crippen molar-refractivity contribution < 1.29 is 9.59 Å². The number of amidine groups is 1. The lowest BCUT2D eigenvalue weighted by Crippen LogP contribution is -2.33. The van der Waals surface area contributed by atoms with Crippen molar-refractivity contribution in [1.82, 2.24) is 5.32 Å². The van der Waals surface area contributed by atoms with Gasteiger partial charge in [-0.25, -0.2) is 4.99 Å². The molecule has 0 saturated carbocycles. The molecule has 3 rings (SSSR count). The number of hydrogen-bond donors (Lipinski definition) is 3. The van der Waals surface area contributed by atoms with E-state index in [9.17, 15) is 9.59 Å². The number of thioether (sulfide) groups is 1. The van der Waals surface area contributed by atoms with Crippen molar-refractivity contribution in [1.29, 1.82) is 0 Å². The topological polar surface area (TPSA) is 96.6 Å². The largest absolute Gasteiger partial charge is 0.366 e. The van der Waals surface area contributed by atoms with Crippen LogP contribution in [-0.4, -0.2) is 22.7 Å². The number of allylic oxidation sites excluding steroid dienone is 1. The number of amides is 2. The highest BCUT2D eigenvalue weighted by molar-refractivity contribution is 8.14. The maximum absolute atomic E-state index is 12.4. The first-order valence-corrected chi connectivity index (χ1v) is 11.3. The predicted octanol–water partition coefficient (Wildman–Crippen LogP) is 5.09. The fourth-order valence-electron chi connectivity index (χ4n) is 3.00. The van der Waals surface area contributed by atoms with E-state index in [0.717, 1.165) is 5.56 Å². The van der Waals surface area contributed by atoms with E-state index in [2.05, 4.69) is 15.6 Å². The molecule has 0 saturated heterocycles. The van der Waals surface area contributed by atoms with Gasteiger partial charge in [0, 0.05) is 22.0 Å². The number of nitrogens with one attached hydrogen (secondary N) is 2. The predicted molar refractivity (Wildman–Crippen MR) is 129 cm³/mol. The van der Waals surface area contributed by atoms with Crippen molar-refractivity contribution in [2.45, 2.75) is 19.9 Å². The monoisotopic (exact) mass is 496 g/mol. The molecule has 1 aliphatic heterocycles. The number of nitrogens with zero attached hydrogens (tertiary/aromatic N) is 1. The number of primary amides is 1. The number of nitrogens with two attached hydrogens (primary N) is 1. The van der Waals surface area contributed by atoms with Crippen LogP contribution >= 0.6 is 46.6 Å². The Bertz CT molecular complexity index is 1120. The number of carbonyl (C=O) groups is 2. The standard InChI is InChI=1S/C21H19Cl3N4O2S/c1-10-6-7-12(8-15(10)23)27-16(29)9-31-21-26-11(2)17(20(25)30)19(28-21)13-4-3-5-14(22)18(13)24/h3-8,19H,9H2,1-2H3,(H2,25,30)(H,26,28)(H,27,29)/t19-/m0/s1. The van der Waals surface area contributed by atoms with Gasteiger partial charge in [0.25, 0.3) is 0 Å². The summed E-state index contributed by atoms with van der Waals surface area (Å²) in [7, 11) is 0. The molecule has 10 heteroatoms. The Morgan fingerprint density at radius 1 is 1.16 bits per heavy atom. The van der Waals surface area contributed by atoms with Gasteiger partial charge in [0.1, 0.15) is 6.04 Å². The number of carbonyl (C=O) groups excluding carboxylic acids is 2. The van der Waals surface area contributed by atoms with Gasteiger partial charge < -0.3 is 16.4 Å². The zero-order chi connectivity index (χ0) is 22.7. The van der Waals surface area contributed by atoms with Gasteiger partial charge in [-0.15, -0.1) is 0 Å². The minimum Gasteiger partial charge on any atom is -0.366 e. The number of anilines is 1. The molecule has 162 valence electrons. The second-order valence-corrected chi connectivity index (χ2v) is 8.96. The average Bonchev–Trinajstić information content (AvgIpc) is 2.70. The molecular weight excluding hydrogens is 479 g/mol. The van der Waals surface area contributed by atoms with Gasteiger partial charge in [0.05, 0.1) is 21.4 Å². The smallest absolute Gasteiger partial charge is 0.248 e. The quantitative estimate of drug-likeness (QED) is 0.536. The fourth-order valence-corrected chi connectivity index (χ4v) is 4.34. The Balaban J connectivity index is 1.78. The number of halogens is 3. The summed E-state index contributed by atoms with van der Waals surface area (Å²) < 4.78 is 0. The van der Waals surface area contributed by atoms with E-state index in [1.165, 1.54) is 11.8 Å². The molecule has 2 aromatic rings. The van der Waals surface area contributed by atoms with Crippen LogP contribution in [-0.2, 0) is 9.59 Å². The Labute approximate surface area is 199 Å². The van der Waals surface area contributed by atoms with Gasteiger partial charge in [-0.1, -0.05) is 64.8 Å². The molecule has 1 atom stereocenters. The van der Waals surface area contributed by atoms with E-state index >= 15 is 0 Å². The Kier molecular flexibility index (Phi) is 7.54. The molecule has 2 aromatic carbocycles. The molecule has 0 spiro atoms. The van der Waals surface area contributed by atoms with Crippen molar-refractivity contribution in [2.75, 3.05) is 11.1 Å². The molecule has 0 aliphatic carbocycles. The summed E-state index contributed by atoms with van der Waals surface area (Å²) in [5, 5.41) is 7.50. The summed E-state index contributed by atoms with van der Waals surface area (Å²) in [6.45, 7) is 3.60. The van der Waals surface area contributed by atoms with Crippen LogP contribution in [0.15, 0.2) is 52.7 Å². The van der Waals surface area contributed by atoms with E-state index in [0.29, 0.717) is 37.2 Å². The SMILES string of the molecule is CC1=C(C(N)=O)[C@H](c2cccc(Cl)c2Cl)N=C(SCC(=O)Nc2ccc(C)c(Cl)c2)N1. The van der Waals surface area contributed by atoms with Gasteiger partial charge >= 0.3 is 0 Å². The summed E-state index contributed by atoms with van der Waals surface area (Å²) in [6.07, 6.45) is 0. The third kappa shape index (κ3) is 5.54. The Morgan fingerprint density at radius 3 is 2.58 bits per heavy atom. The second kappa shape index (κ2) is 9.96. The summed E-state index contributed by atoms with van der Waals surface area (Å²) in [4.78, 5) is 29.0. The zero-order valence-electron chi connectivity index (χ0n) is 16.6. The summed E-state index contributed by atoms with van der Waals surface area (Å²) in [6, 6.07) is 9.68. The minimum atomic E-state index is -0.730. The van der Waals surface area contributed by atoms with E-state index in [4.69, 9.17) is 40.5 Å². The van der Waals surface area contributed by atoms with Crippen molar-refractivity contribution >= 4 is 69.2 Å². The van der Waals surface area contributed by atoms with Crippen LogP contribution in [0.4, 0.5) is 5.69 Å². The number of rotatable bonds is 5. The maximum atomic E-state index is 12.4. The first kappa shape index (κ1) is 23.5. The number of benzene rings is 2. The van der Waals surface area contributed by atoms with E-state index in [1.807, 2.05) is 13.0 Å². The molecule has 6 nitrogen and oxygen atoms in total. The molecule has 2 amide bonds. The van der Waals surface area contributed by atoms with Crippen LogP contribution < -0.4 is 16.4 Å². The molecule has 0 aromatic heterocycles. The van der Waals surface area contributed by atoms with Crippen molar-refractivity contribution in [3.8, 4) is 0 Å². The molecule has 1 aliphatic rings. The average molecular weight is 498 g/mol. The molecule has 0 unspecified atom stereocenters. The van der Waals surface area contributed by atoms with Crippen LogP contribution in [0.1, 0.15) is 24.1 Å². The van der Waals surface area contributed by atoms with Gasteiger partial charge in [0.15, 0.2) is 5.17 Å². The third-order valence-electron chi connectivity index (χ3n) is 4.56. The molecule has 0 bridgehead atoms. The number of aryl methyl sites for hydroxylation is 1. The summed E-state index contributed by atoms with van der Waals surface area (Å²) in [5.41, 5.74) is 8.50. The first-order valence-electron chi connectivity index (χ1n) is 9.15. The van der Waals surface area contributed by atoms with E-state index < -0.39 is 11.9 Å². The molecule has 4 N–H and O–H groups in total. The number of aliphatic imine (C=N–C) groups is 1. The maximum Gasteiger partial charge on any atom is 0.248 e.